The van der Waals surface area contributed by atoms with Gasteiger partial charge in [0.2, 0.25) is 0 Å². The highest BCUT2D eigenvalue weighted by atomic mass is 16.5. The molecule has 10 nitrogen and oxygen atoms in total. The Morgan fingerprint density at radius 1 is 1.08 bits per heavy atom. The Morgan fingerprint density at radius 2 is 1.80 bits per heavy atom. The van der Waals surface area contributed by atoms with E-state index < -0.39 is 48.5 Å². The van der Waals surface area contributed by atoms with Crippen molar-refractivity contribution in [1.82, 2.24) is 20.4 Å². The number of hydrogen-bond donors (Lipinski definition) is 2. The monoisotopic (exact) mass is 352 g/mol. The zero-order valence-corrected chi connectivity index (χ0v) is 13.7. The molecule has 10 heteroatoms. The molecule has 2 saturated heterocycles. The predicted molar refractivity (Wildman–Crippen MR) is 82.1 cm³/mol. The third-order valence-corrected chi connectivity index (χ3v) is 4.75. The van der Waals surface area contributed by atoms with Crippen LogP contribution in [-0.2, 0) is 19.1 Å². The molecule has 2 heterocycles. The van der Waals surface area contributed by atoms with E-state index in [0.717, 1.165) is 29.1 Å². The fraction of sp³-hybridized carbons (Fsp3) is 0.667. The molecule has 0 unspecified atom stereocenters. The molecule has 0 aromatic rings. The zero-order valence-electron chi connectivity index (χ0n) is 13.7. The number of nitrogens with zero attached hydrogens (tertiary/aromatic N) is 2. The van der Waals surface area contributed by atoms with Crippen LogP contribution in [0.3, 0.4) is 0 Å². The third-order valence-electron chi connectivity index (χ3n) is 4.75. The van der Waals surface area contributed by atoms with E-state index in [0.29, 0.717) is 19.4 Å². The van der Waals surface area contributed by atoms with E-state index in [4.69, 9.17) is 4.74 Å². The number of carbonyl (C=O) groups is 5. The highest BCUT2D eigenvalue weighted by molar-refractivity contribution is 6.08. The Labute approximate surface area is 143 Å². The van der Waals surface area contributed by atoms with Crippen molar-refractivity contribution in [2.45, 2.75) is 37.6 Å². The molecule has 0 atom stereocenters. The molecule has 2 aliphatic heterocycles. The summed E-state index contributed by atoms with van der Waals surface area (Å²) in [7, 11) is 0. The maximum atomic E-state index is 12.5. The van der Waals surface area contributed by atoms with Crippen molar-refractivity contribution in [3.8, 4) is 0 Å². The van der Waals surface area contributed by atoms with Crippen LogP contribution in [0.5, 0.6) is 0 Å². The first kappa shape index (κ1) is 17.2. The predicted octanol–water partition coefficient (Wildman–Crippen LogP) is -0.664. The van der Waals surface area contributed by atoms with Gasteiger partial charge in [0.25, 0.3) is 11.8 Å². The van der Waals surface area contributed by atoms with E-state index in [-0.39, 0.29) is 6.54 Å². The van der Waals surface area contributed by atoms with Gasteiger partial charge >= 0.3 is 18.0 Å². The Kier molecular flexibility index (Phi) is 4.60. The zero-order chi connectivity index (χ0) is 18.0. The highest BCUT2D eigenvalue weighted by Crippen LogP contribution is 2.33. The van der Waals surface area contributed by atoms with Gasteiger partial charge in [-0.25, -0.2) is 9.59 Å². The van der Waals surface area contributed by atoms with Crippen LogP contribution in [-0.4, -0.2) is 71.4 Å². The highest BCUT2D eigenvalue weighted by Gasteiger charge is 2.51. The minimum absolute atomic E-state index is 0.213. The van der Waals surface area contributed by atoms with Crippen molar-refractivity contribution in [3.05, 3.63) is 0 Å². The lowest BCUT2D eigenvalue weighted by Crippen LogP contribution is -2.48. The van der Waals surface area contributed by atoms with Gasteiger partial charge in [-0.05, 0) is 12.8 Å². The van der Waals surface area contributed by atoms with Gasteiger partial charge < -0.3 is 15.4 Å². The van der Waals surface area contributed by atoms with Crippen molar-refractivity contribution < 1.29 is 28.7 Å². The Balaban J connectivity index is 1.52. The lowest BCUT2D eigenvalue weighted by Gasteiger charge is -2.30. The van der Waals surface area contributed by atoms with Gasteiger partial charge in [-0.1, -0.05) is 19.3 Å². The number of urea groups is 2. The molecule has 0 aromatic carbocycles. The summed E-state index contributed by atoms with van der Waals surface area (Å²) in [6, 6.07) is -1.15. The molecule has 1 saturated carbocycles. The summed E-state index contributed by atoms with van der Waals surface area (Å²) in [6.07, 6.45) is 3.82. The number of carbonyl (C=O) groups excluding carboxylic acids is 5. The van der Waals surface area contributed by atoms with Gasteiger partial charge in [-0.2, -0.15) is 0 Å². The molecule has 2 N–H and O–H groups in total. The number of rotatable bonds is 4. The molecule has 3 aliphatic rings. The van der Waals surface area contributed by atoms with Gasteiger partial charge in [0.05, 0.1) is 0 Å². The molecule has 1 spiro atoms. The number of hydrogen-bond acceptors (Lipinski definition) is 6. The van der Waals surface area contributed by atoms with Crippen LogP contribution in [0, 0.1) is 0 Å². The molecule has 0 aromatic heterocycles. The first-order chi connectivity index (χ1) is 11.9. The van der Waals surface area contributed by atoms with Crippen molar-refractivity contribution in [2.75, 3.05) is 26.2 Å². The average molecular weight is 352 g/mol. The van der Waals surface area contributed by atoms with E-state index >= 15 is 0 Å². The molecule has 3 fully saturated rings. The summed E-state index contributed by atoms with van der Waals surface area (Å²) in [5, 5.41) is 5.15. The summed E-state index contributed by atoms with van der Waals surface area (Å²) in [6.45, 7) is -0.596. The fourth-order valence-electron chi connectivity index (χ4n) is 3.42. The quantitative estimate of drug-likeness (QED) is 0.511. The SMILES string of the molecule is O=C(CN1C(=O)NC2(CCCCC2)C1=O)OCC(=O)N1CCNC1=O. The number of nitrogens with one attached hydrogen (secondary N) is 2. The molecular formula is C15H20N4O6. The number of ether oxygens (including phenoxy) is 1. The fourth-order valence-corrected chi connectivity index (χ4v) is 3.42. The molecular weight excluding hydrogens is 332 g/mol. The van der Waals surface area contributed by atoms with E-state index in [9.17, 15) is 24.0 Å². The molecule has 1 aliphatic carbocycles. The summed E-state index contributed by atoms with van der Waals surface area (Å²) in [5.74, 6) is -1.94. The topological polar surface area (TPSA) is 125 Å². The lowest BCUT2D eigenvalue weighted by molar-refractivity contribution is -0.152. The molecule has 0 bridgehead atoms. The van der Waals surface area contributed by atoms with Crippen molar-refractivity contribution in [1.29, 1.82) is 0 Å². The van der Waals surface area contributed by atoms with Crippen LogP contribution in [0.15, 0.2) is 0 Å². The van der Waals surface area contributed by atoms with E-state index in [1.807, 2.05) is 0 Å². The van der Waals surface area contributed by atoms with E-state index in [1.165, 1.54) is 0 Å². The van der Waals surface area contributed by atoms with Gasteiger partial charge in [0, 0.05) is 13.1 Å². The average Bonchev–Trinajstić information content (AvgIpc) is 3.11. The minimum atomic E-state index is -0.904. The first-order valence-electron chi connectivity index (χ1n) is 8.31. The first-order valence-corrected chi connectivity index (χ1v) is 8.31. The van der Waals surface area contributed by atoms with Crippen molar-refractivity contribution in [3.63, 3.8) is 0 Å². The smallest absolute Gasteiger partial charge is 0.326 e. The minimum Gasteiger partial charge on any atom is -0.454 e. The van der Waals surface area contributed by atoms with Gasteiger partial charge in [-0.15, -0.1) is 0 Å². The van der Waals surface area contributed by atoms with Crippen LogP contribution < -0.4 is 10.6 Å². The number of amides is 6. The Hall–Kier alpha value is -2.65. The molecule has 0 radical (unpaired) electrons. The third kappa shape index (κ3) is 3.28. The molecule has 3 rings (SSSR count). The summed E-state index contributed by atoms with van der Waals surface area (Å²) in [5.41, 5.74) is -0.904. The van der Waals surface area contributed by atoms with Crippen LogP contribution in [0.4, 0.5) is 9.59 Å². The van der Waals surface area contributed by atoms with Crippen molar-refractivity contribution >= 4 is 29.8 Å². The summed E-state index contributed by atoms with van der Waals surface area (Å²) in [4.78, 5) is 61.4. The largest absolute Gasteiger partial charge is 0.454 e. The lowest BCUT2D eigenvalue weighted by atomic mass is 9.82. The number of esters is 1. The van der Waals surface area contributed by atoms with Crippen LogP contribution in [0.1, 0.15) is 32.1 Å². The summed E-state index contributed by atoms with van der Waals surface area (Å²) >= 11 is 0. The Morgan fingerprint density at radius 3 is 2.44 bits per heavy atom. The van der Waals surface area contributed by atoms with Crippen molar-refractivity contribution in [2.24, 2.45) is 0 Å². The van der Waals surface area contributed by atoms with E-state index in [2.05, 4.69) is 10.6 Å². The van der Waals surface area contributed by atoms with Crippen LogP contribution >= 0.6 is 0 Å². The van der Waals surface area contributed by atoms with Gasteiger partial charge in [0.15, 0.2) is 6.61 Å². The van der Waals surface area contributed by atoms with E-state index in [1.54, 1.807) is 0 Å². The normalized spacial score (nSPS) is 22.2. The Bertz CT molecular complexity index is 628. The van der Waals surface area contributed by atoms with Gasteiger partial charge in [0.1, 0.15) is 12.1 Å². The second kappa shape index (κ2) is 6.69. The maximum Gasteiger partial charge on any atom is 0.326 e. The van der Waals surface area contributed by atoms with Crippen LogP contribution in [0.2, 0.25) is 0 Å². The molecule has 25 heavy (non-hydrogen) atoms. The second-order valence-electron chi connectivity index (χ2n) is 6.40. The standard InChI is InChI=1S/C15H20N4O6/c20-10(18-7-6-16-13(18)23)9-25-11(21)8-19-12(22)15(17-14(19)24)4-2-1-3-5-15/h1-9H2,(H,16,23)(H,17,24). The van der Waals surface area contributed by atoms with Gasteiger partial charge in [-0.3, -0.25) is 24.2 Å². The van der Waals surface area contributed by atoms with Crippen LogP contribution in [0.25, 0.3) is 0 Å². The number of imide groups is 2. The maximum absolute atomic E-state index is 12.5. The molecule has 6 amide bonds. The summed E-state index contributed by atoms with van der Waals surface area (Å²) < 4.78 is 4.81. The second-order valence-corrected chi connectivity index (χ2v) is 6.40. The molecule has 136 valence electrons.